The van der Waals surface area contributed by atoms with Crippen molar-refractivity contribution < 1.29 is 13.9 Å². The quantitative estimate of drug-likeness (QED) is 0.861. The van der Waals surface area contributed by atoms with Crippen LogP contribution in [-0.2, 0) is 5.79 Å². The predicted molar refractivity (Wildman–Crippen MR) is 91.3 cm³/mol. The number of halogens is 2. The summed E-state index contributed by atoms with van der Waals surface area (Å²) in [6.07, 6.45) is 2.12. The van der Waals surface area contributed by atoms with Crippen molar-refractivity contribution in [3.05, 3.63) is 58.4 Å². The lowest BCUT2D eigenvalue weighted by molar-refractivity contribution is -0.0711. The Kier molecular flexibility index (Phi) is 3.89. The van der Waals surface area contributed by atoms with Crippen LogP contribution in [0.4, 0.5) is 4.39 Å². The third-order valence-corrected chi connectivity index (χ3v) is 5.05. The minimum atomic E-state index is -1.18. The van der Waals surface area contributed by atoms with Gasteiger partial charge < -0.3 is 14.8 Å². The zero-order chi connectivity index (χ0) is 16.7. The summed E-state index contributed by atoms with van der Waals surface area (Å²) in [6, 6.07) is 10.5. The molecule has 2 aromatic carbocycles. The molecule has 0 bridgehead atoms. The molecule has 1 atom stereocenters. The first-order valence-electron chi connectivity index (χ1n) is 8.24. The number of hydrogen-bond donors (Lipinski definition) is 1. The number of para-hydroxylation sites is 1. The van der Waals surface area contributed by atoms with Crippen LogP contribution in [0.1, 0.15) is 36.8 Å². The first-order valence-corrected chi connectivity index (χ1v) is 8.62. The molecule has 5 heteroatoms. The second kappa shape index (κ2) is 5.94. The van der Waals surface area contributed by atoms with Crippen LogP contribution in [0.2, 0.25) is 5.02 Å². The van der Waals surface area contributed by atoms with E-state index in [0.29, 0.717) is 22.3 Å². The van der Waals surface area contributed by atoms with Gasteiger partial charge in [0.15, 0.2) is 11.5 Å². The highest BCUT2D eigenvalue weighted by Crippen LogP contribution is 2.49. The molecule has 0 aliphatic carbocycles. The molecular weight excluding hydrogens is 329 g/mol. The molecule has 2 aliphatic rings. The lowest BCUT2D eigenvalue weighted by Gasteiger charge is -2.26. The molecule has 1 N–H and O–H groups in total. The van der Waals surface area contributed by atoms with Crippen LogP contribution in [0.3, 0.4) is 0 Å². The number of rotatable bonds is 2. The van der Waals surface area contributed by atoms with Crippen molar-refractivity contribution >= 4 is 11.6 Å². The van der Waals surface area contributed by atoms with E-state index in [1.54, 1.807) is 19.1 Å². The largest absolute Gasteiger partial charge is 0.444 e. The minimum absolute atomic E-state index is 0.347. The minimum Gasteiger partial charge on any atom is -0.444 e. The van der Waals surface area contributed by atoms with Gasteiger partial charge in [-0.25, -0.2) is 4.39 Å². The van der Waals surface area contributed by atoms with Crippen molar-refractivity contribution in [2.24, 2.45) is 0 Å². The Morgan fingerprint density at radius 1 is 1.17 bits per heavy atom. The van der Waals surface area contributed by atoms with Gasteiger partial charge in [-0.1, -0.05) is 23.7 Å². The zero-order valence-electron chi connectivity index (χ0n) is 13.4. The van der Waals surface area contributed by atoms with Crippen molar-refractivity contribution in [2.45, 2.75) is 31.5 Å². The maximum atomic E-state index is 14.4. The van der Waals surface area contributed by atoms with Crippen LogP contribution in [0.15, 0.2) is 36.4 Å². The van der Waals surface area contributed by atoms with Gasteiger partial charge in [-0.3, -0.25) is 0 Å². The Hall–Kier alpha value is -1.78. The summed E-state index contributed by atoms with van der Waals surface area (Å²) >= 11 is 5.86. The van der Waals surface area contributed by atoms with Gasteiger partial charge in [0.2, 0.25) is 0 Å². The number of hydrogen-bond acceptors (Lipinski definition) is 3. The molecule has 126 valence electrons. The summed E-state index contributed by atoms with van der Waals surface area (Å²) in [5, 5.41) is 3.73. The van der Waals surface area contributed by atoms with Gasteiger partial charge in [0.1, 0.15) is 5.82 Å². The van der Waals surface area contributed by atoms with Crippen LogP contribution in [0.5, 0.6) is 11.5 Å². The lowest BCUT2D eigenvalue weighted by atomic mass is 9.89. The standard InChI is InChI=1S/C19H19ClFNO2/c1-19(15-6-5-13(20)11-16(15)21)23-17-4-2-3-14(18(17)24-19)12-7-9-22-10-8-12/h2-6,11-12,22H,7-10H2,1H3/t19-/m1/s1. The highest BCUT2D eigenvalue weighted by atomic mass is 35.5. The second-order valence-electron chi connectivity index (χ2n) is 6.47. The fourth-order valence-corrected chi connectivity index (χ4v) is 3.73. The maximum absolute atomic E-state index is 14.4. The lowest BCUT2D eigenvalue weighted by Crippen LogP contribution is -2.33. The molecule has 0 saturated carbocycles. The van der Waals surface area contributed by atoms with Gasteiger partial charge in [0.05, 0.1) is 5.56 Å². The number of fused-ring (bicyclic) bond motifs is 1. The molecular formula is C19H19ClFNO2. The summed E-state index contributed by atoms with van der Waals surface area (Å²) in [7, 11) is 0. The van der Waals surface area contributed by atoms with Crippen LogP contribution < -0.4 is 14.8 Å². The van der Waals surface area contributed by atoms with Crippen molar-refractivity contribution in [3.8, 4) is 11.5 Å². The van der Waals surface area contributed by atoms with E-state index in [9.17, 15) is 4.39 Å². The maximum Gasteiger partial charge on any atom is 0.278 e. The van der Waals surface area contributed by atoms with Crippen LogP contribution in [-0.4, -0.2) is 13.1 Å². The van der Waals surface area contributed by atoms with Crippen molar-refractivity contribution in [1.29, 1.82) is 0 Å². The van der Waals surface area contributed by atoms with E-state index in [1.165, 1.54) is 6.07 Å². The Morgan fingerprint density at radius 3 is 2.71 bits per heavy atom. The Labute approximate surface area is 145 Å². The molecule has 2 aromatic rings. The normalized spacial score (nSPS) is 23.5. The molecule has 1 fully saturated rings. The molecule has 0 unspecified atom stereocenters. The van der Waals surface area contributed by atoms with Gasteiger partial charge in [-0.15, -0.1) is 0 Å². The van der Waals surface area contributed by atoms with Crippen molar-refractivity contribution in [3.63, 3.8) is 0 Å². The fraction of sp³-hybridized carbons (Fsp3) is 0.368. The summed E-state index contributed by atoms with van der Waals surface area (Å²) in [6.45, 7) is 3.74. The van der Waals surface area contributed by atoms with Gasteiger partial charge in [0, 0.05) is 17.5 Å². The highest BCUT2D eigenvalue weighted by molar-refractivity contribution is 6.30. The smallest absolute Gasteiger partial charge is 0.278 e. The fourth-order valence-electron chi connectivity index (χ4n) is 3.57. The van der Waals surface area contributed by atoms with Crippen LogP contribution in [0, 0.1) is 5.82 Å². The Bertz CT molecular complexity index is 776. The summed E-state index contributed by atoms with van der Waals surface area (Å²) in [5.74, 6) is 0.229. The predicted octanol–water partition coefficient (Wildman–Crippen LogP) is 4.59. The van der Waals surface area contributed by atoms with Gasteiger partial charge in [-0.05, 0) is 56.1 Å². The molecule has 4 rings (SSSR count). The first-order chi connectivity index (χ1) is 11.6. The van der Waals surface area contributed by atoms with E-state index in [0.717, 1.165) is 37.2 Å². The third-order valence-electron chi connectivity index (χ3n) is 4.81. The Morgan fingerprint density at radius 2 is 1.96 bits per heavy atom. The van der Waals surface area contributed by atoms with E-state index in [1.807, 2.05) is 12.1 Å². The molecule has 3 nitrogen and oxygen atoms in total. The summed E-state index contributed by atoms with van der Waals surface area (Å²) < 4.78 is 26.5. The number of nitrogens with one attached hydrogen (secondary N) is 1. The SMILES string of the molecule is C[C@@]1(c2ccc(Cl)cc2F)Oc2cccc(C3CCNCC3)c2O1. The van der Waals surface area contributed by atoms with Crippen molar-refractivity contribution in [1.82, 2.24) is 5.32 Å². The number of ether oxygens (including phenoxy) is 2. The second-order valence-corrected chi connectivity index (χ2v) is 6.91. The molecule has 2 heterocycles. The van der Waals surface area contributed by atoms with Gasteiger partial charge in [0.25, 0.3) is 5.79 Å². The molecule has 0 radical (unpaired) electrons. The number of benzene rings is 2. The van der Waals surface area contributed by atoms with E-state index in [2.05, 4.69) is 11.4 Å². The summed E-state index contributed by atoms with van der Waals surface area (Å²) in [4.78, 5) is 0. The topological polar surface area (TPSA) is 30.5 Å². The summed E-state index contributed by atoms with van der Waals surface area (Å²) in [5.41, 5.74) is 1.49. The van der Waals surface area contributed by atoms with E-state index in [-0.39, 0.29) is 0 Å². The molecule has 0 spiro atoms. The van der Waals surface area contributed by atoms with E-state index >= 15 is 0 Å². The van der Waals surface area contributed by atoms with Crippen LogP contribution in [0.25, 0.3) is 0 Å². The van der Waals surface area contributed by atoms with E-state index in [4.69, 9.17) is 21.1 Å². The Balaban J connectivity index is 1.70. The first kappa shape index (κ1) is 15.7. The van der Waals surface area contributed by atoms with E-state index < -0.39 is 11.6 Å². The zero-order valence-corrected chi connectivity index (χ0v) is 14.2. The van der Waals surface area contributed by atoms with Crippen molar-refractivity contribution in [2.75, 3.05) is 13.1 Å². The molecule has 2 aliphatic heterocycles. The van der Waals surface area contributed by atoms with Gasteiger partial charge >= 0.3 is 0 Å². The molecule has 0 aromatic heterocycles. The molecule has 24 heavy (non-hydrogen) atoms. The molecule has 0 amide bonds. The van der Waals surface area contributed by atoms with Gasteiger partial charge in [-0.2, -0.15) is 0 Å². The third kappa shape index (κ3) is 2.64. The average Bonchev–Trinajstić information content (AvgIpc) is 2.92. The molecule has 1 saturated heterocycles. The number of piperidine rings is 1. The van der Waals surface area contributed by atoms with Crippen LogP contribution >= 0.6 is 11.6 Å². The highest BCUT2D eigenvalue weighted by Gasteiger charge is 2.42. The monoisotopic (exact) mass is 347 g/mol. The average molecular weight is 348 g/mol.